The van der Waals surface area contributed by atoms with Crippen molar-refractivity contribution in [3.63, 3.8) is 0 Å². The van der Waals surface area contributed by atoms with Crippen molar-refractivity contribution in [3.05, 3.63) is 161 Å². The van der Waals surface area contributed by atoms with E-state index >= 15 is 0 Å². The van der Waals surface area contributed by atoms with Crippen LogP contribution >= 0.6 is 0 Å². The lowest BCUT2D eigenvalue weighted by Gasteiger charge is -2.26. The maximum Gasteiger partial charge on any atom is 0.295 e. The van der Waals surface area contributed by atoms with Gasteiger partial charge in [0.2, 0.25) is 0 Å². The molecule has 0 aliphatic carbocycles. The number of amides is 1. The lowest BCUT2D eigenvalue weighted by molar-refractivity contribution is -0.140. The van der Waals surface area contributed by atoms with E-state index in [1.165, 1.54) is 12.0 Å². The average Bonchev–Trinajstić information content (AvgIpc) is 3.35. The quantitative estimate of drug-likeness (QED) is 0.0942. The molecule has 1 fully saturated rings. The van der Waals surface area contributed by atoms with Crippen LogP contribution in [-0.4, -0.2) is 33.8 Å². The molecule has 1 aromatic heterocycles. The molecule has 4 aromatic carbocycles. The summed E-state index contributed by atoms with van der Waals surface area (Å²) in [7, 11) is 1.53. The molecule has 2 heterocycles. The first-order valence-electron chi connectivity index (χ1n) is 15.2. The second-order valence-electron chi connectivity index (χ2n) is 11.3. The number of carbonyl (C=O) groups excluding carboxylic acids is 2. The number of aliphatic hydroxyl groups excluding tert-OH is 1. The predicted molar refractivity (Wildman–Crippen MR) is 178 cm³/mol. The maximum atomic E-state index is 13.6. The maximum absolute atomic E-state index is 13.6. The van der Waals surface area contributed by atoms with E-state index in [0.29, 0.717) is 41.6 Å². The Morgan fingerprint density at radius 2 is 1.49 bits per heavy atom. The van der Waals surface area contributed by atoms with Crippen LogP contribution in [0.3, 0.4) is 0 Å². The van der Waals surface area contributed by atoms with Gasteiger partial charge in [-0.25, -0.2) is 0 Å². The lowest BCUT2D eigenvalue weighted by atomic mass is 9.94. The number of aromatic nitrogens is 1. The number of pyridine rings is 1. The van der Waals surface area contributed by atoms with Crippen molar-refractivity contribution in [3.8, 4) is 17.2 Å². The number of benzene rings is 4. The molecule has 1 atom stereocenters. The molecule has 1 saturated heterocycles. The number of ether oxygens (including phenoxy) is 3. The van der Waals surface area contributed by atoms with Crippen LogP contribution in [0, 0.1) is 6.92 Å². The summed E-state index contributed by atoms with van der Waals surface area (Å²) in [4.78, 5) is 32.7. The van der Waals surface area contributed by atoms with Gasteiger partial charge in [0.05, 0.1) is 18.7 Å². The summed E-state index contributed by atoms with van der Waals surface area (Å²) in [5.74, 6) is -0.220. The molecule has 5 aromatic rings. The number of ketones is 1. The van der Waals surface area contributed by atoms with E-state index in [0.717, 1.165) is 22.3 Å². The summed E-state index contributed by atoms with van der Waals surface area (Å²) in [6.45, 7) is 2.88. The highest BCUT2D eigenvalue weighted by molar-refractivity contribution is 6.46. The Kier molecular flexibility index (Phi) is 9.29. The normalized spacial score (nSPS) is 15.4. The van der Waals surface area contributed by atoms with Gasteiger partial charge in [-0.3, -0.25) is 14.6 Å². The zero-order valence-electron chi connectivity index (χ0n) is 26.1. The van der Waals surface area contributed by atoms with Gasteiger partial charge in [0, 0.05) is 24.5 Å². The third-order valence-electron chi connectivity index (χ3n) is 8.00. The first kappa shape index (κ1) is 31.1. The van der Waals surface area contributed by atoms with Gasteiger partial charge in [0.25, 0.3) is 11.7 Å². The number of nitrogens with zero attached hydrogens (tertiary/aromatic N) is 2. The van der Waals surface area contributed by atoms with Gasteiger partial charge in [-0.05, 0) is 77.7 Å². The van der Waals surface area contributed by atoms with Crippen LogP contribution in [0.4, 0.5) is 0 Å². The molecule has 1 aliphatic rings. The SMILES string of the molecule is COc1cc(C2C(=C(O)c3ccc(OCc4cccc(C)c4)cc3)C(=O)C(=O)N2Cc2ccncc2)ccc1OCc1ccccc1. The van der Waals surface area contributed by atoms with Crippen molar-refractivity contribution in [2.75, 3.05) is 7.11 Å². The number of methoxy groups -OCH3 is 1. The number of rotatable bonds is 11. The second kappa shape index (κ2) is 14.0. The summed E-state index contributed by atoms with van der Waals surface area (Å²) in [5.41, 5.74) is 4.92. The van der Waals surface area contributed by atoms with Gasteiger partial charge < -0.3 is 24.2 Å². The molecular weight excluding hydrogens is 592 g/mol. The number of hydrogen-bond acceptors (Lipinski definition) is 7. The summed E-state index contributed by atoms with van der Waals surface area (Å²) in [6, 6.07) is 32.6. The lowest BCUT2D eigenvalue weighted by Crippen LogP contribution is -2.29. The zero-order valence-corrected chi connectivity index (χ0v) is 26.1. The smallest absolute Gasteiger partial charge is 0.295 e. The van der Waals surface area contributed by atoms with E-state index in [2.05, 4.69) is 11.1 Å². The van der Waals surface area contributed by atoms with Crippen LogP contribution in [0.5, 0.6) is 17.2 Å². The molecule has 236 valence electrons. The summed E-state index contributed by atoms with van der Waals surface area (Å²) in [5, 5.41) is 11.6. The Bertz CT molecular complexity index is 1910. The minimum Gasteiger partial charge on any atom is -0.507 e. The summed E-state index contributed by atoms with van der Waals surface area (Å²) >= 11 is 0. The van der Waals surface area contributed by atoms with Crippen LogP contribution in [0.15, 0.2) is 127 Å². The van der Waals surface area contributed by atoms with Crippen molar-refractivity contribution in [1.82, 2.24) is 9.88 Å². The number of hydrogen-bond donors (Lipinski definition) is 1. The minimum atomic E-state index is -0.891. The van der Waals surface area contributed by atoms with Crippen molar-refractivity contribution in [1.29, 1.82) is 0 Å². The predicted octanol–water partition coefficient (Wildman–Crippen LogP) is 7.18. The number of likely N-dealkylation sites (tertiary alicyclic amines) is 1. The molecule has 47 heavy (non-hydrogen) atoms. The Labute approximate surface area is 273 Å². The molecule has 6 rings (SSSR count). The van der Waals surface area contributed by atoms with Crippen LogP contribution in [0.25, 0.3) is 5.76 Å². The van der Waals surface area contributed by atoms with Crippen molar-refractivity contribution < 1.29 is 28.9 Å². The van der Waals surface area contributed by atoms with Gasteiger partial charge in [0.15, 0.2) is 11.5 Å². The Hall–Kier alpha value is -5.89. The zero-order chi connectivity index (χ0) is 32.8. The fourth-order valence-electron chi connectivity index (χ4n) is 5.62. The van der Waals surface area contributed by atoms with Gasteiger partial charge in [0.1, 0.15) is 24.7 Å². The molecule has 8 heteroatoms. The Morgan fingerprint density at radius 1 is 0.766 bits per heavy atom. The first-order chi connectivity index (χ1) is 22.9. The molecule has 0 spiro atoms. The average molecular weight is 627 g/mol. The second-order valence-corrected chi connectivity index (χ2v) is 11.3. The molecule has 1 amide bonds. The molecule has 8 nitrogen and oxygen atoms in total. The molecule has 0 radical (unpaired) electrons. The topological polar surface area (TPSA) is 98.2 Å². The third kappa shape index (κ3) is 7.02. The summed E-state index contributed by atoms with van der Waals surface area (Å²) < 4.78 is 17.7. The van der Waals surface area contributed by atoms with E-state index in [9.17, 15) is 14.7 Å². The monoisotopic (exact) mass is 626 g/mol. The number of carbonyl (C=O) groups is 2. The standard InChI is InChI=1S/C39H34N2O6/c1-26-7-6-10-29(21-26)25-46-32-14-11-30(12-15-32)37(42)35-36(41(39(44)38(35)43)23-27-17-19-40-20-18-27)31-13-16-33(34(22-31)45-2)47-24-28-8-4-3-5-9-28/h3-22,36,42H,23-25H2,1-2H3. The molecule has 0 saturated carbocycles. The number of Topliss-reactive ketones (excluding diaryl/α,β-unsaturated/α-hetero) is 1. The highest BCUT2D eigenvalue weighted by Gasteiger charge is 2.46. The molecule has 1 aliphatic heterocycles. The van der Waals surface area contributed by atoms with Crippen LogP contribution in [-0.2, 0) is 29.3 Å². The molecule has 1 N–H and O–H groups in total. The third-order valence-corrected chi connectivity index (χ3v) is 8.00. The van der Waals surface area contributed by atoms with Crippen LogP contribution < -0.4 is 14.2 Å². The van der Waals surface area contributed by atoms with Gasteiger partial charge in [-0.2, -0.15) is 0 Å². The molecule has 0 bridgehead atoms. The highest BCUT2D eigenvalue weighted by Crippen LogP contribution is 2.43. The van der Waals surface area contributed by atoms with Gasteiger partial charge in [-0.1, -0.05) is 66.2 Å². The van der Waals surface area contributed by atoms with Gasteiger partial charge in [-0.15, -0.1) is 0 Å². The van der Waals surface area contributed by atoms with E-state index in [-0.39, 0.29) is 17.9 Å². The molecule has 1 unspecified atom stereocenters. The first-order valence-corrected chi connectivity index (χ1v) is 15.2. The van der Waals surface area contributed by atoms with Crippen LogP contribution in [0.2, 0.25) is 0 Å². The number of aryl methyl sites for hydroxylation is 1. The van der Waals surface area contributed by atoms with Crippen LogP contribution in [0.1, 0.15) is 39.4 Å². The van der Waals surface area contributed by atoms with Crippen molar-refractivity contribution in [2.45, 2.75) is 32.7 Å². The summed E-state index contributed by atoms with van der Waals surface area (Å²) in [6.07, 6.45) is 3.26. The number of aliphatic hydroxyl groups is 1. The van der Waals surface area contributed by atoms with Crippen molar-refractivity contribution in [2.24, 2.45) is 0 Å². The van der Waals surface area contributed by atoms with Crippen molar-refractivity contribution >= 4 is 17.4 Å². The Balaban J connectivity index is 1.33. The van der Waals surface area contributed by atoms with E-state index in [1.807, 2.05) is 55.5 Å². The molecular formula is C39H34N2O6. The van der Waals surface area contributed by atoms with E-state index in [1.54, 1.807) is 67.0 Å². The minimum absolute atomic E-state index is 0.0162. The Morgan fingerprint density at radius 3 is 2.21 bits per heavy atom. The van der Waals surface area contributed by atoms with Gasteiger partial charge >= 0.3 is 0 Å². The fraction of sp³-hybridized carbons (Fsp3) is 0.154. The highest BCUT2D eigenvalue weighted by atomic mass is 16.5. The fourth-order valence-corrected chi connectivity index (χ4v) is 5.62. The van der Waals surface area contributed by atoms with E-state index in [4.69, 9.17) is 14.2 Å². The van der Waals surface area contributed by atoms with E-state index < -0.39 is 17.7 Å². The largest absolute Gasteiger partial charge is 0.507 e.